The third kappa shape index (κ3) is 3.88. The van der Waals surface area contributed by atoms with Gasteiger partial charge in [-0.15, -0.1) is 0 Å². The lowest BCUT2D eigenvalue weighted by Gasteiger charge is -2.28. The van der Waals surface area contributed by atoms with Crippen LogP contribution in [0.2, 0.25) is 0 Å². The Kier molecular flexibility index (Phi) is 5.62. The fourth-order valence-corrected chi connectivity index (χ4v) is 4.63. The van der Waals surface area contributed by atoms with Gasteiger partial charge >= 0.3 is 6.09 Å². The standard InChI is InChI=1S/C26H26FN3O3/c1-3-32-23-10-9-16(13-19(23)27)14-21-25-24(17-7-5-6-8-20(17)29-25)18-11-12-30(15-22(18)28-21)26(31)33-4-2/h5-10,13,29H,3-4,11-12,14-15H2,1-2H3. The van der Waals surface area contributed by atoms with Crippen LogP contribution in [0.1, 0.15) is 36.4 Å². The van der Waals surface area contributed by atoms with Crippen molar-refractivity contribution in [2.45, 2.75) is 33.2 Å². The predicted molar refractivity (Wildman–Crippen MR) is 125 cm³/mol. The smallest absolute Gasteiger partial charge is 0.410 e. The molecule has 0 spiro atoms. The number of nitrogens with one attached hydrogen (secondary N) is 1. The van der Waals surface area contributed by atoms with E-state index in [2.05, 4.69) is 17.1 Å². The third-order valence-electron chi connectivity index (χ3n) is 6.08. The Balaban J connectivity index is 1.61. The molecule has 0 atom stereocenters. The minimum Gasteiger partial charge on any atom is -0.491 e. The zero-order valence-corrected chi connectivity index (χ0v) is 18.8. The Bertz CT molecular complexity index is 1350. The van der Waals surface area contributed by atoms with Gasteiger partial charge in [-0.3, -0.25) is 4.98 Å². The summed E-state index contributed by atoms with van der Waals surface area (Å²) in [6.07, 6.45) is 0.843. The number of amides is 1. The summed E-state index contributed by atoms with van der Waals surface area (Å²) in [6.45, 7) is 5.37. The average molecular weight is 448 g/mol. The summed E-state index contributed by atoms with van der Waals surface area (Å²) in [4.78, 5) is 22.6. The zero-order valence-electron chi connectivity index (χ0n) is 18.8. The average Bonchev–Trinajstić information content (AvgIpc) is 3.21. The van der Waals surface area contributed by atoms with Crippen LogP contribution in [0.3, 0.4) is 0 Å². The van der Waals surface area contributed by atoms with Crippen molar-refractivity contribution in [2.75, 3.05) is 19.8 Å². The minimum atomic E-state index is -0.381. The Labute approximate surface area is 191 Å². The molecule has 3 heterocycles. The second kappa shape index (κ2) is 8.73. The van der Waals surface area contributed by atoms with Gasteiger partial charge in [-0.05, 0) is 49.6 Å². The van der Waals surface area contributed by atoms with Crippen molar-refractivity contribution in [1.82, 2.24) is 14.9 Å². The van der Waals surface area contributed by atoms with E-state index in [0.717, 1.165) is 44.3 Å². The van der Waals surface area contributed by atoms with E-state index in [1.807, 2.05) is 25.1 Å². The first-order valence-electron chi connectivity index (χ1n) is 11.3. The highest BCUT2D eigenvalue weighted by Gasteiger charge is 2.27. The molecule has 0 bridgehead atoms. The van der Waals surface area contributed by atoms with Crippen molar-refractivity contribution in [1.29, 1.82) is 0 Å². The molecule has 7 heteroatoms. The summed E-state index contributed by atoms with van der Waals surface area (Å²) in [7, 11) is 0. The number of carbonyl (C=O) groups excluding carboxylic acids is 1. The van der Waals surface area contributed by atoms with Crippen LogP contribution < -0.4 is 4.74 Å². The molecular formula is C26H26FN3O3. The van der Waals surface area contributed by atoms with Crippen LogP contribution in [-0.2, 0) is 24.1 Å². The van der Waals surface area contributed by atoms with Crippen molar-refractivity contribution in [3.05, 3.63) is 70.8 Å². The van der Waals surface area contributed by atoms with Crippen LogP contribution in [-0.4, -0.2) is 40.7 Å². The Morgan fingerprint density at radius 3 is 2.82 bits per heavy atom. The van der Waals surface area contributed by atoms with Gasteiger partial charge in [-0.25, -0.2) is 9.18 Å². The predicted octanol–water partition coefficient (Wildman–Crippen LogP) is 5.36. The number of carbonyl (C=O) groups is 1. The Morgan fingerprint density at radius 1 is 1.18 bits per heavy atom. The summed E-state index contributed by atoms with van der Waals surface area (Å²) in [5, 5.41) is 2.27. The minimum absolute atomic E-state index is 0.250. The zero-order chi connectivity index (χ0) is 22.9. The van der Waals surface area contributed by atoms with Crippen LogP contribution in [0.4, 0.5) is 9.18 Å². The topological polar surface area (TPSA) is 67.4 Å². The molecule has 0 saturated carbocycles. The summed E-state index contributed by atoms with van der Waals surface area (Å²) in [5.41, 5.74) is 5.66. The van der Waals surface area contributed by atoms with Gasteiger partial charge in [0.25, 0.3) is 0 Å². The molecule has 33 heavy (non-hydrogen) atoms. The molecule has 0 fully saturated rings. The van der Waals surface area contributed by atoms with Gasteiger partial charge in [0.15, 0.2) is 11.6 Å². The first-order chi connectivity index (χ1) is 16.1. The number of benzene rings is 2. The van der Waals surface area contributed by atoms with Gasteiger partial charge in [0.1, 0.15) is 0 Å². The molecule has 2 aromatic carbocycles. The Hall–Kier alpha value is -3.61. The van der Waals surface area contributed by atoms with Crippen molar-refractivity contribution in [2.24, 2.45) is 0 Å². The van der Waals surface area contributed by atoms with Gasteiger partial charge in [0.05, 0.1) is 36.7 Å². The summed E-state index contributed by atoms with van der Waals surface area (Å²) in [5.74, 6) is -0.130. The van der Waals surface area contributed by atoms with E-state index in [1.165, 1.54) is 6.07 Å². The lowest BCUT2D eigenvalue weighted by Crippen LogP contribution is -2.37. The van der Waals surface area contributed by atoms with E-state index in [9.17, 15) is 9.18 Å². The quantitative estimate of drug-likeness (QED) is 0.447. The summed E-state index contributed by atoms with van der Waals surface area (Å²) >= 11 is 0. The van der Waals surface area contributed by atoms with Crippen LogP contribution >= 0.6 is 0 Å². The van der Waals surface area contributed by atoms with E-state index in [1.54, 1.807) is 17.9 Å². The molecule has 0 saturated heterocycles. The van der Waals surface area contributed by atoms with Crippen LogP contribution in [0, 0.1) is 5.82 Å². The number of fused-ring (bicyclic) bond motifs is 5. The van der Waals surface area contributed by atoms with E-state index >= 15 is 0 Å². The molecule has 0 aliphatic carbocycles. The molecule has 4 aromatic rings. The van der Waals surface area contributed by atoms with Crippen LogP contribution in [0.25, 0.3) is 21.8 Å². The molecule has 1 aliphatic rings. The molecule has 1 amide bonds. The monoisotopic (exact) mass is 447 g/mol. The molecule has 170 valence electrons. The van der Waals surface area contributed by atoms with Crippen molar-refractivity contribution in [3.63, 3.8) is 0 Å². The second-order valence-electron chi connectivity index (χ2n) is 8.15. The number of hydrogen-bond donors (Lipinski definition) is 1. The highest BCUT2D eigenvalue weighted by Crippen LogP contribution is 2.35. The third-order valence-corrected chi connectivity index (χ3v) is 6.08. The number of halogens is 1. The number of H-pyrrole nitrogens is 1. The SMILES string of the molecule is CCOC(=O)N1CCc2c(nc(Cc3ccc(OCC)c(F)c3)c3[nH]c4ccccc4c23)C1. The van der Waals surface area contributed by atoms with Gasteiger partial charge in [0, 0.05) is 29.3 Å². The number of pyridine rings is 1. The number of ether oxygens (including phenoxy) is 2. The number of hydrogen-bond acceptors (Lipinski definition) is 4. The van der Waals surface area contributed by atoms with Gasteiger partial charge in [-0.1, -0.05) is 24.3 Å². The second-order valence-corrected chi connectivity index (χ2v) is 8.15. The number of nitrogens with zero attached hydrogens (tertiary/aromatic N) is 2. The molecule has 6 nitrogen and oxygen atoms in total. The number of rotatable bonds is 5. The van der Waals surface area contributed by atoms with E-state index in [-0.39, 0.29) is 17.7 Å². The summed E-state index contributed by atoms with van der Waals surface area (Å²) < 4.78 is 25.0. The number of para-hydroxylation sites is 1. The molecule has 2 aromatic heterocycles. The first-order valence-corrected chi connectivity index (χ1v) is 11.3. The number of aromatic nitrogens is 2. The van der Waals surface area contributed by atoms with Crippen molar-refractivity contribution in [3.8, 4) is 5.75 Å². The van der Waals surface area contributed by atoms with Crippen LogP contribution in [0.5, 0.6) is 5.75 Å². The van der Waals surface area contributed by atoms with E-state index in [4.69, 9.17) is 14.5 Å². The first kappa shape index (κ1) is 21.2. The molecule has 1 N–H and O–H groups in total. The Morgan fingerprint density at radius 2 is 2.03 bits per heavy atom. The van der Waals surface area contributed by atoms with Gasteiger partial charge in [0.2, 0.25) is 0 Å². The van der Waals surface area contributed by atoms with E-state index < -0.39 is 0 Å². The normalized spacial score (nSPS) is 13.4. The molecule has 5 rings (SSSR count). The lowest BCUT2D eigenvalue weighted by atomic mass is 9.96. The molecule has 0 radical (unpaired) electrons. The van der Waals surface area contributed by atoms with Crippen LogP contribution in [0.15, 0.2) is 42.5 Å². The highest BCUT2D eigenvalue weighted by atomic mass is 19.1. The maximum absolute atomic E-state index is 14.5. The molecule has 1 aliphatic heterocycles. The molecular weight excluding hydrogens is 421 g/mol. The number of aromatic amines is 1. The fraction of sp³-hybridized carbons (Fsp3) is 0.308. The molecule has 0 unspecified atom stereocenters. The van der Waals surface area contributed by atoms with E-state index in [0.29, 0.717) is 39.1 Å². The van der Waals surface area contributed by atoms with Crippen molar-refractivity contribution >= 4 is 27.9 Å². The van der Waals surface area contributed by atoms with Gasteiger partial charge in [-0.2, -0.15) is 0 Å². The largest absolute Gasteiger partial charge is 0.491 e. The maximum Gasteiger partial charge on any atom is 0.410 e. The summed E-state index contributed by atoms with van der Waals surface area (Å²) in [6, 6.07) is 13.2. The fourth-order valence-electron chi connectivity index (χ4n) is 4.63. The lowest BCUT2D eigenvalue weighted by molar-refractivity contribution is 0.102. The maximum atomic E-state index is 14.5. The van der Waals surface area contributed by atoms with Crippen molar-refractivity contribution < 1.29 is 18.7 Å². The van der Waals surface area contributed by atoms with Gasteiger partial charge < -0.3 is 19.4 Å². The highest BCUT2D eigenvalue weighted by molar-refractivity contribution is 6.10.